The van der Waals surface area contributed by atoms with E-state index in [0.717, 1.165) is 16.6 Å². The van der Waals surface area contributed by atoms with Gasteiger partial charge in [0.15, 0.2) is 0 Å². The summed E-state index contributed by atoms with van der Waals surface area (Å²) in [6, 6.07) is 11.2. The smallest absolute Gasteiger partial charge is 0.148 e. The van der Waals surface area contributed by atoms with Gasteiger partial charge in [-0.1, -0.05) is 12.1 Å². The Hall–Kier alpha value is -2.69. The minimum atomic E-state index is -0.294. The molecule has 5 heteroatoms. The maximum absolute atomic E-state index is 14.1. The van der Waals surface area contributed by atoms with Gasteiger partial charge in [0.25, 0.3) is 0 Å². The van der Waals surface area contributed by atoms with Crippen LogP contribution in [0.15, 0.2) is 42.7 Å². The third kappa shape index (κ3) is 2.70. The van der Waals surface area contributed by atoms with Crippen LogP contribution in [0.2, 0.25) is 0 Å². The van der Waals surface area contributed by atoms with Crippen molar-refractivity contribution >= 4 is 28.1 Å². The van der Waals surface area contributed by atoms with E-state index in [0.29, 0.717) is 17.0 Å². The molecule has 0 saturated carbocycles. The number of hydrogen-bond donors (Lipinski definition) is 1. The molecule has 4 nitrogen and oxygen atoms in total. The Bertz CT molecular complexity index is 830. The molecule has 0 saturated heterocycles. The van der Waals surface area contributed by atoms with E-state index in [1.54, 1.807) is 11.0 Å². The Kier molecular flexibility index (Phi) is 3.63. The fraction of sp³-hybridized carbons (Fsp3) is 0.176. The molecule has 0 fully saturated rings. The Morgan fingerprint density at radius 1 is 1.09 bits per heavy atom. The average Bonchev–Trinajstić information content (AvgIpc) is 2.46. The third-order valence-electron chi connectivity index (χ3n) is 3.47. The van der Waals surface area contributed by atoms with E-state index in [9.17, 15) is 4.39 Å². The molecular formula is C17H17FN4. The van der Waals surface area contributed by atoms with Gasteiger partial charge in [-0.25, -0.2) is 14.4 Å². The van der Waals surface area contributed by atoms with Crippen LogP contribution in [0.25, 0.3) is 10.9 Å². The van der Waals surface area contributed by atoms with Gasteiger partial charge in [0.2, 0.25) is 0 Å². The van der Waals surface area contributed by atoms with E-state index >= 15 is 0 Å². The summed E-state index contributed by atoms with van der Waals surface area (Å²) in [5, 5.41) is 4.07. The average molecular weight is 296 g/mol. The van der Waals surface area contributed by atoms with Gasteiger partial charge < -0.3 is 10.2 Å². The highest BCUT2D eigenvalue weighted by Crippen LogP contribution is 2.29. The molecule has 0 aliphatic carbocycles. The minimum absolute atomic E-state index is 0.294. The molecule has 0 bridgehead atoms. The molecule has 0 aliphatic rings. The Labute approximate surface area is 128 Å². The van der Waals surface area contributed by atoms with Crippen molar-refractivity contribution < 1.29 is 4.39 Å². The van der Waals surface area contributed by atoms with Gasteiger partial charge in [0.05, 0.1) is 11.2 Å². The summed E-state index contributed by atoms with van der Waals surface area (Å²) >= 11 is 0. The van der Waals surface area contributed by atoms with Crippen LogP contribution in [0.4, 0.5) is 21.6 Å². The van der Waals surface area contributed by atoms with Gasteiger partial charge >= 0.3 is 0 Å². The molecule has 0 unspecified atom stereocenters. The van der Waals surface area contributed by atoms with E-state index in [4.69, 9.17) is 0 Å². The van der Waals surface area contributed by atoms with Crippen molar-refractivity contribution in [2.75, 3.05) is 24.3 Å². The lowest BCUT2D eigenvalue weighted by Gasteiger charge is -2.15. The standard InChI is InChI=1S/C17H17FN4/c1-11-5-4-6-12(7-11)21-17-13-8-16(22(2)3)14(18)9-15(13)19-10-20-17/h4-10H,1-3H3,(H,19,20,21). The number of nitrogens with one attached hydrogen (secondary N) is 1. The first-order valence-corrected chi connectivity index (χ1v) is 7.00. The lowest BCUT2D eigenvalue weighted by atomic mass is 10.1. The number of hydrogen-bond acceptors (Lipinski definition) is 4. The molecule has 22 heavy (non-hydrogen) atoms. The molecule has 0 radical (unpaired) electrons. The first kappa shape index (κ1) is 14.3. The summed E-state index contributed by atoms with van der Waals surface area (Å²) in [5.74, 6) is 0.372. The number of fused-ring (bicyclic) bond motifs is 1. The highest BCUT2D eigenvalue weighted by molar-refractivity contribution is 5.93. The SMILES string of the molecule is Cc1cccc(Nc2ncnc3cc(F)c(N(C)C)cc23)c1. The van der Waals surface area contributed by atoms with Gasteiger partial charge in [0, 0.05) is 31.2 Å². The lowest BCUT2D eigenvalue weighted by Crippen LogP contribution is -2.11. The van der Waals surface area contributed by atoms with Crippen molar-refractivity contribution in [1.82, 2.24) is 9.97 Å². The molecule has 1 N–H and O–H groups in total. The van der Waals surface area contributed by atoms with Crippen LogP contribution < -0.4 is 10.2 Å². The fourth-order valence-corrected chi connectivity index (χ4v) is 2.37. The number of aryl methyl sites for hydroxylation is 1. The van der Waals surface area contributed by atoms with Crippen LogP contribution in [0.1, 0.15) is 5.56 Å². The summed E-state index contributed by atoms with van der Waals surface area (Å²) in [6.07, 6.45) is 1.44. The second-order valence-electron chi connectivity index (χ2n) is 5.43. The molecule has 3 aromatic rings. The monoisotopic (exact) mass is 296 g/mol. The fourth-order valence-electron chi connectivity index (χ4n) is 2.37. The topological polar surface area (TPSA) is 41.1 Å². The minimum Gasteiger partial charge on any atom is -0.375 e. The summed E-state index contributed by atoms with van der Waals surface area (Å²) < 4.78 is 14.1. The van der Waals surface area contributed by atoms with Crippen LogP contribution in [-0.4, -0.2) is 24.1 Å². The number of rotatable bonds is 3. The molecule has 0 atom stereocenters. The van der Waals surface area contributed by atoms with Gasteiger partial charge in [-0.2, -0.15) is 0 Å². The summed E-state index contributed by atoms with van der Waals surface area (Å²) in [5.41, 5.74) is 3.18. The second kappa shape index (κ2) is 5.60. The highest BCUT2D eigenvalue weighted by Gasteiger charge is 2.11. The molecular weight excluding hydrogens is 279 g/mol. The normalized spacial score (nSPS) is 10.7. The lowest BCUT2D eigenvalue weighted by molar-refractivity contribution is 0.627. The molecule has 0 aliphatic heterocycles. The van der Waals surface area contributed by atoms with Crippen molar-refractivity contribution in [3.63, 3.8) is 0 Å². The number of nitrogens with zero attached hydrogens (tertiary/aromatic N) is 3. The molecule has 3 rings (SSSR count). The van der Waals surface area contributed by atoms with Crippen LogP contribution in [0, 0.1) is 12.7 Å². The van der Waals surface area contributed by atoms with Crippen molar-refractivity contribution in [2.24, 2.45) is 0 Å². The van der Waals surface area contributed by atoms with Gasteiger partial charge in [-0.3, -0.25) is 0 Å². The maximum atomic E-state index is 14.1. The first-order chi connectivity index (χ1) is 10.5. The zero-order valence-corrected chi connectivity index (χ0v) is 12.8. The quantitative estimate of drug-likeness (QED) is 0.796. The zero-order chi connectivity index (χ0) is 15.7. The molecule has 2 aromatic carbocycles. The van der Waals surface area contributed by atoms with Crippen molar-refractivity contribution in [3.8, 4) is 0 Å². The predicted molar refractivity (Wildman–Crippen MR) is 88.3 cm³/mol. The predicted octanol–water partition coefficient (Wildman–Crippen LogP) is 3.89. The summed E-state index contributed by atoms with van der Waals surface area (Å²) in [6.45, 7) is 2.03. The van der Waals surface area contributed by atoms with E-state index in [1.807, 2.05) is 45.3 Å². The van der Waals surface area contributed by atoms with Crippen molar-refractivity contribution in [1.29, 1.82) is 0 Å². The van der Waals surface area contributed by atoms with E-state index in [1.165, 1.54) is 12.4 Å². The second-order valence-corrected chi connectivity index (χ2v) is 5.43. The van der Waals surface area contributed by atoms with Crippen molar-refractivity contribution in [3.05, 3.63) is 54.1 Å². The van der Waals surface area contributed by atoms with Crippen LogP contribution >= 0.6 is 0 Å². The first-order valence-electron chi connectivity index (χ1n) is 7.00. The Morgan fingerprint density at radius 3 is 2.64 bits per heavy atom. The summed E-state index contributed by atoms with van der Waals surface area (Å²) in [4.78, 5) is 10.2. The van der Waals surface area contributed by atoms with Crippen molar-refractivity contribution in [2.45, 2.75) is 6.92 Å². The molecule has 1 heterocycles. The van der Waals surface area contributed by atoms with Gasteiger partial charge in [-0.05, 0) is 30.7 Å². The van der Waals surface area contributed by atoms with E-state index in [2.05, 4.69) is 15.3 Å². The zero-order valence-electron chi connectivity index (χ0n) is 12.8. The van der Waals surface area contributed by atoms with Gasteiger partial charge in [0.1, 0.15) is 18.0 Å². The molecule has 1 aromatic heterocycles. The Balaban J connectivity index is 2.11. The summed E-state index contributed by atoms with van der Waals surface area (Å²) in [7, 11) is 3.61. The number of halogens is 1. The Morgan fingerprint density at radius 2 is 1.91 bits per heavy atom. The molecule has 0 spiro atoms. The van der Waals surface area contributed by atoms with E-state index in [-0.39, 0.29) is 5.82 Å². The van der Waals surface area contributed by atoms with Gasteiger partial charge in [-0.15, -0.1) is 0 Å². The van der Waals surface area contributed by atoms with E-state index < -0.39 is 0 Å². The highest BCUT2D eigenvalue weighted by atomic mass is 19.1. The third-order valence-corrected chi connectivity index (χ3v) is 3.47. The van der Waals surface area contributed by atoms with Crippen LogP contribution in [0.3, 0.4) is 0 Å². The maximum Gasteiger partial charge on any atom is 0.148 e. The number of benzene rings is 2. The van der Waals surface area contributed by atoms with Crippen LogP contribution in [-0.2, 0) is 0 Å². The molecule has 0 amide bonds. The number of anilines is 3. The largest absolute Gasteiger partial charge is 0.375 e. The molecule has 112 valence electrons. The number of aromatic nitrogens is 2. The van der Waals surface area contributed by atoms with Crippen LogP contribution in [0.5, 0.6) is 0 Å².